The molecule has 1 atom stereocenters. The lowest BCUT2D eigenvalue weighted by Crippen LogP contribution is -2.33. The Kier molecular flexibility index (Phi) is 7.02. The predicted octanol–water partition coefficient (Wildman–Crippen LogP) is 4.26. The zero-order chi connectivity index (χ0) is 25.3. The molecule has 0 saturated carbocycles. The molecule has 186 valence electrons. The Labute approximate surface area is 206 Å². The van der Waals surface area contributed by atoms with Gasteiger partial charge in [0.15, 0.2) is 11.5 Å². The lowest BCUT2D eigenvalue weighted by molar-refractivity contribution is -0.137. The number of benzene rings is 2. The molecule has 4 rings (SSSR count). The molecule has 0 radical (unpaired) electrons. The normalized spacial score (nSPS) is 15.6. The van der Waals surface area contributed by atoms with Gasteiger partial charge in [0.25, 0.3) is 0 Å². The number of rotatable bonds is 8. The lowest BCUT2D eigenvalue weighted by atomic mass is 9.93. The van der Waals surface area contributed by atoms with E-state index in [1.807, 2.05) is 0 Å². The van der Waals surface area contributed by atoms with E-state index in [4.69, 9.17) is 26.2 Å². The number of nitrogens with zero attached hydrogens (tertiary/aromatic N) is 3. The third-order valence-corrected chi connectivity index (χ3v) is 8.04. The summed E-state index contributed by atoms with van der Waals surface area (Å²) >= 11 is 6.34. The molecule has 0 amide bonds. The molecule has 1 unspecified atom stereocenters. The molecule has 9 nitrogen and oxygen atoms in total. The fourth-order valence-corrected chi connectivity index (χ4v) is 5.82. The predicted molar refractivity (Wildman–Crippen MR) is 125 cm³/mol. The monoisotopic (exact) mass is 523 g/mol. The summed E-state index contributed by atoms with van der Waals surface area (Å²) in [4.78, 5) is 11.1. The van der Waals surface area contributed by atoms with E-state index in [1.54, 1.807) is 0 Å². The van der Waals surface area contributed by atoms with Crippen LogP contribution in [0.15, 0.2) is 47.5 Å². The summed E-state index contributed by atoms with van der Waals surface area (Å²) < 4.78 is 53.8. The molecule has 35 heavy (non-hydrogen) atoms. The molecule has 1 N–H and O–H groups in total. The fraction of sp³-hybridized carbons (Fsp3) is 0.304. The molecule has 1 aromatic heterocycles. The van der Waals surface area contributed by atoms with Crippen LogP contribution in [-0.4, -0.2) is 47.7 Å². The average molecular weight is 524 g/mol. The van der Waals surface area contributed by atoms with E-state index < -0.39 is 27.9 Å². The molecule has 0 fully saturated rings. The maximum absolute atomic E-state index is 13.5. The number of carbonyl (C=O) groups is 1. The van der Waals surface area contributed by atoms with Crippen LogP contribution in [0, 0.1) is 5.82 Å². The number of hydrogen-bond donors (Lipinski definition) is 1. The van der Waals surface area contributed by atoms with Crippen molar-refractivity contribution in [2.24, 2.45) is 0 Å². The Bertz CT molecular complexity index is 1380. The van der Waals surface area contributed by atoms with Crippen LogP contribution in [0.4, 0.5) is 4.39 Å². The van der Waals surface area contributed by atoms with Crippen LogP contribution in [0.1, 0.15) is 30.1 Å². The summed E-state index contributed by atoms with van der Waals surface area (Å²) in [5.41, 5.74) is 1.42. The van der Waals surface area contributed by atoms with E-state index in [0.717, 1.165) is 11.8 Å². The molecule has 0 spiro atoms. The highest BCUT2D eigenvalue weighted by Gasteiger charge is 2.34. The first-order valence-corrected chi connectivity index (χ1v) is 12.5. The highest BCUT2D eigenvalue weighted by molar-refractivity contribution is 7.89. The van der Waals surface area contributed by atoms with Gasteiger partial charge >= 0.3 is 5.97 Å². The number of methoxy groups -OCH3 is 1. The summed E-state index contributed by atoms with van der Waals surface area (Å²) in [7, 11) is -1.11. The molecule has 0 bridgehead atoms. The summed E-state index contributed by atoms with van der Waals surface area (Å²) in [5, 5.41) is 13.3. The van der Waals surface area contributed by atoms with Gasteiger partial charge in [-0.2, -0.15) is 9.40 Å². The van der Waals surface area contributed by atoms with Crippen LogP contribution in [0.2, 0.25) is 5.02 Å². The summed E-state index contributed by atoms with van der Waals surface area (Å²) in [6.45, 7) is -0.283. The largest absolute Gasteiger partial charge is 0.493 e. The van der Waals surface area contributed by atoms with Crippen molar-refractivity contribution in [2.45, 2.75) is 36.7 Å². The molecule has 0 aliphatic heterocycles. The van der Waals surface area contributed by atoms with Crippen molar-refractivity contribution in [1.82, 2.24) is 14.1 Å². The quantitative estimate of drug-likeness (QED) is 0.469. The van der Waals surface area contributed by atoms with Crippen molar-refractivity contribution in [1.29, 1.82) is 0 Å². The number of carboxylic acid groups (broad SMARTS) is 1. The number of fused-ring (bicyclic) bond motifs is 1. The van der Waals surface area contributed by atoms with Crippen molar-refractivity contribution in [3.63, 3.8) is 0 Å². The molecule has 1 aliphatic rings. The van der Waals surface area contributed by atoms with Gasteiger partial charge < -0.3 is 14.6 Å². The first-order valence-electron chi connectivity index (χ1n) is 10.7. The molecule has 1 aliphatic carbocycles. The Morgan fingerprint density at radius 1 is 1.26 bits per heavy atom. The van der Waals surface area contributed by atoms with Gasteiger partial charge in [-0.1, -0.05) is 11.6 Å². The minimum Gasteiger partial charge on any atom is -0.493 e. The van der Waals surface area contributed by atoms with E-state index in [1.165, 1.54) is 59.7 Å². The van der Waals surface area contributed by atoms with Gasteiger partial charge in [0, 0.05) is 24.4 Å². The number of sulfonamides is 1. The molecule has 1 heterocycles. The fourth-order valence-electron chi connectivity index (χ4n) is 4.14. The molecule has 3 aromatic rings. The van der Waals surface area contributed by atoms with Gasteiger partial charge in [-0.3, -0.25) is 9.48 Å². The number of hydrogen-bond acceptors (Lipinski definition) is 6. The molecule has 2 aromatic carbocycles. The topological polar surface area (TPSA) is 111 Å². The van der Waals surface area contributed by atoms with Gasteiger partial charge in [0.2, 0.25) is 10.0 Å². The van der Waals surface area contributed by atoms with Gasteiger partial charge in [-0.25, -0.2) is 12.8 Å². The van der Waals surface area contributed by atoms with E-state index >= 15 is 0 Å². The molecular weight excluding hydrogens is 501 g/mol. The summed E-state index contributed by atoms with van der Waals surface area (Å²) in [6.07, 6.45) is 3.42. The number of aliphatic carboxylic acids is 1. The second kappa shape index (κ2) is 9.84. The zero-order valence-electron chi connectivity index (χ0n) is 18.9. The lowest BCUT2D eigenvalue weighted by Gasteiger charge is -2.31. The molecule has 0 saturated heterocycles. The summed E-state index contributed by atoms with van der Waals surface area (Å²) in [6, 6.07) is 7.34. The Morgan fingerprint density at radius 2 is 2.00 bits per heavy atom. The van der Waals surface area contributed by atoms with Crippen molar-refractivity contribution >= 4 is 27.6 Å². The van der Waals surface area contributed by atoms with Gasteiger partial charge in [0.05, 0.1) is 29.3 Å². The first kappa shape index (κ1) is 25.0. The van der Waals surface area contributed by atoms with Crippen LogP contribution in [0.25, 0.3) is 0 Å². The van der Waals surface area contributed by atoms with Gasteiger partial charge in [0.1, 0.15) is 18.1 Å². The highest BCUT2D eigenvalue weighted by atomic mass is 35.5. The standard InChI is InChI=1S/C23H23ClFN3O6S/c1-27(18-4-3-5-19-16(18)12-26-28(19)13-23(29)30)35(31,32)15-7-9-20(17(24)11-15)34-21-8-6-14(25)10-22(21)33-2/h6-12,18H,3-5,13H2,1-2H3,(H,29,30). The molecular formula is C23H23ClFN3O6S. The minimum absolute atomic E-state index is 0.0338. The second-order valence-electron chi connectivity index (χ2n) is 8.02. The van der Waals surface area contributed by atoms with E-state index in [0.29, 0.717) is 24.8 Å². The van der Waals surface area contributed by atoms with Crippen molar-refractivity contribution < 1.29 is 32.2 Å². The van der Waals surface area contributed by atoms with Crippen LogP contribution in [-0.2, 0) is 27.8 Å². The Hall–Kier alpha value is -3.15. The number of aromatic nitrogens is 2. The van der Waals surface area contributed by atoms with E-state index in [-0.39, 0.29) is 33.7 Å². The number of carboxylic acids is 1. The van der Waals surface area contributed by atoms with Crippen molar-refractivity contribution in [3.05, 3.63) is 64.7 Å². The van der Waals surface area contributed by atoms with Crippen molar-refractivity contribution in [3.8, 4) is 17.2 Å². The number of ether oxygens (including phenoxy) is 2. The van der Waals surface area contributed by atoms with E-state index in [2.05, 4.69) is 5.10 Å². The zero-order valence-corrected chi connectivity index (χ0v) is 20.5. The third kappa shape index (κ3) is 4.97. The smallest absolute Gasteiger partial charge is 0.325 e. The average Bonchev–Trinajstić information content (AvgIpc) is 3.23. The first-order chi connectivity index (χ1) is 16.6. The van der Waals surface area contributed by atoms with Crippen molar-refractivity contribution in [2.75, 3.05) is 14.2 Å². The maximum atomic E-state index is 13.5. The summed E-state index contributed by atoms with van der Waals surface area (Å²) in [5.74, 6) is -0.961. The third-order valence-electron chi connectivity index (χ3n) is 5.88. The SMILES string of the molecule is COc1cc(F)ccc1Oc1ccc(S(=O)(=O)N(C)C2CCCc3c2cnn3CC(=O)O)cc1Cl. The van der Waals surface area contributed by atoms with Crippen LogP contribution in [0.5, 0.6) is 17.2 Å². The van der Waals surface area contributed by atoms with E-state index in [9.17, 15) is 17.6 Å². The van der Waals surface area contributed by atoms with Crippen LogP contribution < -0.4 is 9.47 Å². The highest BCUT2D eigenvalue weighted by Crippen LogP contribution is 2.39. The Morgan fingerprint density at radius 3 is 2.69 bits per heavy atom. The maximum Gasteiger partial charge on any atom is 0.325 e. The van der Waals surface area contributed by atoms with Crippen LogP contribution in [0.3, 0.4) is 0 Å². The second-order valence-corrected chi connectivity index (χ2v) is 10.4. The van der Waals surface area contributed by atoms with Gasteiger partial charge in [-0.05, 0) is 49.6 Å². The van der Waals surface area contributed by atoms with Crippen LogP contribution >= 0.6 is 11.6 Å². The molecule has 12 heteroatoms. The minimum atomic E-state index is -3.96. The Balaban J connectivity index is 1.60. The number of halogens is 2. The van der Waals surface area contributed by atoms with Gasteiger partial charge in [-0.15, -0.1) is 0 Å².